The number of nitrogens with zero attached hydrogens (tertiary/aromatic N) is 2. The predicted octanol–water partition coefficient (Wildman–Crippen LogP) is 3.75. The lowest BCUT2D eigenvalue weighted by atomic mass is 10.1. The van der Waals surface area contributed by atoms with Crippen LogP contribution in [0.25, 0.3) is 11.3 Å². The fraction of sp³-hybridized carbons (Fsp3) is 0.167. The molecule has 0 bridgehead atoms. The fourth-order valence-electron chi connectivity index (χ4n) is 2.25. The molecule has 3 rings (SSSR count). The van der Waals surface area contributed by atoms with E-state index in [1.807, 2.05) is 55.5 Å². The number of esters is 1. The van der Waals surface area contributed by atoms with Gasteiger partial charge in [-0.2, -0.15) is 10.3 Å². The second-order valence-electron chi connectivity index (χ2n) is 5.15. The van der Waals surface area contributed by atoms with Crippen LogP contribution in [0.2, 0.25) is 0 Å². The molecule has 24 heavy (non-hydrogen) atoms. The zero-order valence-electron chi connectivity index (χ0n) is 13.4. The van der Waals surface area contributed by atoms with E-state index in [0.717, 1.165) is 5.56 Å². The number of H-pyrrole nitrogens is 1. The third-order valence-corrected chi connectivity index (χ3v) is 3.41. The van der Waals surface area contributed by atoms with E-state index in [1.165, 1.54) is 0 Å². The highest BCUT2D eigenvalue weighted by molar-refractivity contribution is 5.94. The number of rotatable bonds is 5. The Morgan fingerprint density at radius 3 is 2.58 bits per heavy atom. The van der Waals surface area contributed by atoms with Gasteiger partial charge >= 0.3 is 5.97 Å². The second-order valence-corrected chi connectivity index (χ2v) is 5.15. The van der Waals surface area contributed by atoms with Crippen LogP contribution in [-0.2, 0) is 4.74 Å². The van der Waals surface area contributed by atoms with Gasteiger partial charge in [-0.05, 0) is 38.1 Å². The summed E-state index contributed by atoms with van der Waals surface area (Å²) in [6.45, 7) is 4.03. The van der Waals surface area contributed by atoms with Crippen molar-refractivity contribution in [1.29, 1.82) is 0 Å². The summed E-state index contributed by atoms with van der Waals surface area (Å²) in [6, 6.07) is 15.1. The first-order chi connectivity index (χ1) is 11.7. The number of aromatic nitrogens is 3. The molecule has 1 N–H and O–H groups in total. The number of para-hydroxylation sites is 1. The third-order valence-electron chi connectivity index (χ3n) is 3.41. The minimum absolute atomic E-state index is 0.136. The van der Waals surface area contributed by atoms with E-state index >= 15 is 0 Å². The van der Waals surface area contributed by atoms with Crippen LogP contribution in [0, 0.1) is 6.92 Å². The molecule has 0 saturated carbocycles. The van der Waals surface area contributed by atoms with Gasteiger partial charge in [0.05, 0.1) is 6.61 Å². The van der Waals surface area contributed by atoms with Crippen molar-refractivity contribution >= 4 is 5.97 Å². The molecule has 0 radical (unpaired) electrons. The molecule has 0 atom stereocenters. The fourth-order valence-corrected chi connectivity index (χ4v) is 2.25. The topological polar surface area (TPSA) is 77.1 Å². The molecular weight excluding hydrogens is 306 g/mol. The molecule has 6 heteroatoms. The van der Waals surface area contributed by atoms with Crippen LogP contribution in [0.5, 0.6) is 11.5 Å². The van der Waals surface area contributed by atoms with Crippen LogP contribution < -0.4 is 4.74 Å². The van der Waals surface area contributed by atoms with Gasteiger partial charge in [-0.25, -0.2) is 4.79 Å². The predicted molar refractivity (Wildman–Crippen MR) is 89.0 cm³/mol. The smallest absolute Gasteiger partial charge is 0.361 e. The lowest BCUT2D eigenvalue weighted by Gasteiger charge is -2.10. The number of hydrogen-bond acceptors (Lipinski definition) is 5. The largest absolute Gasteiger partial charge is 0.461 e. The Labute approximate surface area is 139 Å². The molecule has 0 aliphatic carbocycles. The Balaban J connectivity index is 1.97. The van der Waals surface area contributed by atoms with Gasteiger partial charge in [0, 0.05) is 5.56 Å². The van der Waals surface area contributed by atoms with Crippen molar-refractivity contribution in [2.45, 2.75) is 13.8 Å². The first-order valence-electron chi connectivity index (χ1n) is 7.61. The minimum atomic E-state index is -0.522. The number of carbonyl (C=O) groups excluding carboxylic acids is 1. The summed E-state index contributed by atoms with van der Waals surface area (Å²) in [6.07, 6.45) is 0. The maximum absolute atomic E-state index is 12.0. The van der Waals surface area contributed by atoms with Crippen LogP contribution in [-0.4, -0.2) is 28.0 Å². The highest BCUT2D eigenvalue weighted by atomic mass is 16.5. The second kappa shape index (κ2) is 6.95. The van der Waals surface area contributed by atoms with Gasteiger partial charge in [-0.1, -0.05) is 29.8 Å². The van der Waals surface area contributed by atoms with Crippen molar-refractivity contribution in [3.05, 3.63) is 59.8 Å². The highest BCUT2D eigenvalue weighted by Crippen LogP contribution is 2.33. The Hall–Kier alpha value is -3.15. The molecule has 0 unspecified atom stereocenters. The van der Waals surface area contributed by atoms with Gasteiger partial charge in [0.1, 0.15) is 17.2 Å². The summed E-state index contributed by atoms with van der Waals surface area (Å²) in [5.74, 6) is 0.765. The molecule has 2 aromatic carbocycles. The van der Waals surface area contributed by atoms with E-state index < -0.39 is 5.97 Å². The molecule has 0 fully saturated rings. The third kappa shape index (κ3) is 3.27. The van der Waals surface area contributed by atoms with Gasteiger partial charge in [-0.3, -0.25) is 0 Å². The van der Waals surface area contributed by atoms with Crippen molar-refractivity contribution in [1.82, 2.24) is 15.4 Å². The molecular formula is C18H17N3O3. The van der Waals surface area contributed by atoms with Gasteiger partial charge in [-0.15, -0.1) is 5.10 Å². The summed E-state index contributed by atoms with van der Waals surface area (Å²) in [5.41, 5.74) is 2.35. The molecule has 0 amide bonds. The average Bonchev–Trinajstić information content (AvgIpc) is 3.07. The molecule has 1 heterocycles. The lowest BCUT2D eigenvalue weighted by molar-refractivity contribution is 0.0520. The van der Waals surface area contributed by atoms with Crippen molar-refractivity contribution in [3.8, 4) is 22.8 Å². The van der Waals surface area contributed by atoms with Crippen LogP contribution in [0.1, 0.15) is 23.0 Å². The number of aryl methyl sites for hydroxylation is 1. The molecule has 3 aromatic rings. The van der Waals surface area contributed by atoms with Crippen molar-refractivity contribution in [2.24, 2.45) is 0 Å². The summed E-state index contributed by atoms with van der Waals surface area (Å²) >= 11 is 0. The first-order valence-corrected chi connectivity index (χ1v) is 7.61. The lowest BCUT2D eigenvalue weighted by Crippen LogP contribution is -2.07. The number of carbonyl (C=O) groups is 1. The average molecular weight is 323 g/mol. The highest BCUT2D eigenvalue weighted by Gasteiger charge is 2.21. The monoisotopic (exact) mass is 323 g/mol. The summed E-state index contributed by atoms with van der Waals surface area (Å²) < 4.78 is 11.0. The van der Waals surface area contributed by atoms with Crippen molar-refractivity contribution < 1.29 is 14.3 Å². The zero-order valence-corrected chi connectivity index (χ0v) is 13.4. The van der Waals surface area contributed by atoms with E-state index in [2.05, 4.69) is 15.4 Å². The molecule has 0 spiro atoms. The molecule has 1 aromatic heterocycles. The van der Waals surface area contributed by atoms with Crippen LogP contribution in [0.15, 0.2) is 48.5 Å². The van der Waals surface area contributed by atoms with Gasteiger partial charge in [0.25, 0.3) is 0 Å². The van der Waals surface area contributed by atoms with E-state index in [1.54, 1.807) is 6.92 Å². The standard InChI is InChI=1S/C18H17N3O3/c1-3-23-18(22)17-16(19-21-20-17)14-6-4-5-7-15(14)24-13-10-8-12(2)9-11-13/h4-11H,3H2,1-2H3,(H,19,20,21). The number of nitrogens with one attached hydrogen (secondary N) is 1. The molecule has 122 valence electrons. The Morgan fingerprint density at radius 2 is 1.83 bits per heavy atom. The summed E-state index contributed by atoms with van der Waals surface area (Å²) in [4.78, 5) is 12.0. The Bertz CT molecular complexity index is 841. The molecule has 6 nitrogen and oxygen atoms in total. The number of aromatic amines is 1. The van der Waals surface area contributed by atoms with Crippen LogP contribution in [0.3, 0.4) is 0 Å². The van der Waals surface area contributed by atoms with Gasteiger partial charge < -0.3 is 9.47 Å². The zero-order chi connectivity index (χ0) is 16.9. The Kier molecular flexibility index (Phi) is 4.56. The number of benzene rings is 2. The van der Waals surface area contributed by atoms with E-state index in [0.29, 0.717) is 22.8 Å². The maximum atomic E-state index is 12.0. The molecule has 0 aliphatic rings. The Morgan fingerprint density at radius 1 is 1.08 bits per heavy atom. The SMILES string of the molecule is CCOC(=O)c1n[nH]nc1-c1ccccc1Oc1ccc(C)cc1. The van der Waals surface area contributed by atoms with Gasteiger partial charge in [0.2, 0.25) is 0 Å². The van der Waals surface area contributed by atoms with E-state index in [9.17, 15) is 4.79 Å². The van der Waals surface area contributed by atoms with Crippen molar-refractivity contribution in [3.63, 3.8) is 0 Å². The molecule has 0 saturated heterocycles. The first kappa shape index (κ1) is 15.7. The quantitative estimate of drug-likeness (QED) is 0.724. The molecule has 0 aliphatic heterocycles. The van der Waals surface area contributed by atoms with Crippen LogP contribution >= 0.6 is 0 Å². The summed E-state index contributed by atoms with van der Waals surface area (Å²) in [7, 11) is 0. The normalized spacial score (nSPS) is 10.4. The van der Waals surface area contributed by atoms with Crippen molar-refractivity contribution in [2.75, 3.05) is 6.61 Å². The van der Waals surface area contributed by atoms with E-state index in [-0.39, 0.29) is 12.3 Å². The maximum Gasteiger partial charge on any atom is 0.361 e. The number of ether oxygens (including phenoxy) is 2. The van der Waals surface area contributed by atoms with Crippen LogP contribution in [0.4, 0.5) is 0 Å². The van der Waals surface area contributed by atoms with E-state index in [4.69, 9.17) is 9.47 Å². The minimum Gasteiger partial charge on any atom is -0.461 e. The number of hydrogen-bond donors (Lipinski definition) is 1. The van der Waals surface area contributed by atoms with Gasteiger partial charge in [0.15, 0.2) is 5.69 Å². The summed E-state index contributed by atoms with van der Waals surface area (Å²) in [5, 5.41) is 10.5.